The highest BCUT2D eigenvalue weighted by atomic mass is 16.3. The molecule has 0 unspecified atom stereocenters. The lowest BCUT2D eigenvalue weighted by molar-refractivity contribution is -0.113. The van der Waals surface area contributed by atoms with Crippen LogP contribution in [0.25, 0.3) is 0 Å². The van der Waals surface area contributed by atoms with Crippen molar-refractivity contribution in [2.45, 2.75) is 13.3 Å². The third kappa shape index (κ3) is 2.75. The third-order valence-electron chi connectivity index (χ3n) is 1.85. The van der Waals surface area contributed by atoms with Crippen molar-refractivity contribution in [3.8, 4) is 5.75 Å². The summed E-state index contributed by atoms with van der Waals surface area (Å²) in [5.41, 5.74) is 1.57. The van der Waals surface area contributed by atoms with Gasteiger partial charge in [0, 0.05) is 6.42 Å². The predicted molar refractivity (Wildman–Crippen MR) is 51.6 cm³/mol. The van der Waals surface area contributed by atoms with Crippen LogP contribution in [0.1, 0.15) is 12.5 Å². The number of allylic oxidation sites excluding steroid dienone is 1. The molecular weight excluding hydrogens is 164 g/mol. The molecule has 0 bridgehead atoms. The number of hydrogen-bond acceptors (Lipinski definition) is 2. The van der Waals surface area contributed by atoms with E-state index in [4.69, 9.17) is 5.11 Å². The third-order valence-corrected chi connectivity index (χ3v) is 1.85. The van der Waals surface area contributed by atoms with Crippen LogP contribution in [-0.2, 0) is 11.2 Å². The Balaban J connectivity index is 2.70. The van der Waals surface area contributed by atoms with E-state index in [9.17, 15) is 4.79 Å². The molecule has 0 fully saturated rings. The van der Waals surface area contributed by atoms with E-state index in [1.54, 1.807) is 24.3 Å². The van der Waals surface area contributed by atoms with Crippen LogP contribution in [0.2, 0.25) is 0 Å². The fourth-order valence-corrected chi connectivity index (χ4v) is 0.985. The van der Waals surface area contributed by atoms with Gasteiger partial charge in [0.2, 0.25) is 0 Å². The molecule has 0 spiro atoms. The normalized spacial score (nSPS) is 9.62. The minimum absolute atomic E-state index is 0.00748. The summed E-state index contributed by atoms with van der Waals surface area (Å²) >= 11 is 0. The van der Waals surface area contributed by atoms with Crippen molar-refractivity contribution < 1.29 is 9.90 Å². The second kappa shape index (κ2) is 3.90. The molecule has 0 radical (unpaired) electrons. The topological polar surface area (TPSA) is 37.3 Å². The zero-order valence-corrected chi connectivity index (χ0v) is 7.58. The SMILES string of the molecule is C=C(Cc1ccc(O)cc1)C(C)=O. The van der Waals surface area contributed by atoms with E-state index in [-0.39, 0.29) is 11.5 Å². The van der Waals surface area contributed by atoms with E-state index in [2.05, 4.69) is 6.58 Å². The average Bonchev–Trinajstić information content (AvgIpc) is 2.08. The number of aromatic hydroxyl groups is 1. The number of phenols is 1. The molecule has 0 aromatic heterocycles. The van der Waals surface area contributed by atoms with Gasteiger partial charge < -0.3 is 5.11 Å². The molecule has 0 aliphatic heterocycles. The fourth-order valence-electron chi connectivity index (χ4n) is 0.985. The minimum Gasteiger partial charge on any atom is -0.508 e. The second-order valence-corrected chi connectivity index (χ2v) is 3.00. The van der Waals surface area contributed by atoms with Crippen molar-refractivity contribution in [1.82, 2.24) is 0 Å². The summed E-state index contributed by atoms with van der Waals surface area (Å²) in [5.74, 6) is 0.241. The molecule has 13 heavy (non-hydrogen) atoms. The summed E-state index contributed by atoms with van der Waals surface area (Å²) in [7, 11) is 0. The van der Waals surface area contributed by atoms with Crippen LogP contribution < -0.4 is 0 Å². The van der Waals surface area contributed by atoms with Crippen molar-refractivity contribution in [3.63, 3.8) is 0 Å². The summed E-state index contributed by atoms with van der Waals surface area (Å²) in [4.78, 5) is 10.9. The van der Waals surface area contributed by atoms with E-state index >= 15 is 0 Å². The van der Waals surface area contributed by atoms with Crippen molar-refractivity contribution in [2.24, 2.45) is 0 Å². The van der Waals surface area contributed by atoms with Gasteiger partial charge in [-0.15, -0.1) is 0 Å². The Morgan fingerprint density at radius 2 is 1.92 bits per heavy atom. The standard InChI is InChI=1S/C11H12O2/c1-8(9(2)12)7-10-3-5-11(13)6-4-10/h3-6,13H,1,7H2,2H3. The molecule has 2 nitrogen and oxygen atoms in total. The van der Waals surface area contributed by atoms with Crippen LogP contribution >= 0.6 is 0 Å². The maximum atomic E-state index is 10.9. The van der Waals surface area contributed by atoms with Crippen LogP contribution in [0.15, 0.2) is 36.4 Å². The molecular formula is C11H12O2. The van der Waals surface area contributed by atoms with Gasteiger partial charge in [0.25, 0.3) is 0 Å². The minimum atomic E-state index is 0.00748. The van der Waals surface area contributed by atoms with Crippen LogP contribution in [-0.4, -0.2) is 10.9 Å². The summed E-state index contributed by atoms with van der Waals surface area (Å²) in [6.07, 6.45) is 0.551. The maximum absolute atomic E-state index is 10.9. The van der Waals surface area contributed by atoms with Crippen LogP contribution in [0.5, 0.6) is 5.75 Å². The molecule has 68 valence electrons. The lowest BCUT2D eigenvalue weighted by atomic mass is 10.0. The molecule has 0 saturated heterocycles. The Labute approximate surface area is 77.5 Å². The molecule has 0 aliphatic rings. The number of Topliss-reactive ketones (excluding diaryl/α,β-unsaturated/α-hetero) is 1. The summed E-state index contributed by atoms with van der Waals surface area (Å²) in [6, 6.07) is 6.76. The van der Waals surface area contributed by atoms with E-state index in [0.29, 0.717) is 12.0 Å². The van der Waals surface area contributed by atoms with Crippen LogP contribution in [0.4, 0.5) is 0 Å². The molecule has 1 aromatic carbocycles. The number of carbonyl (C=O) groups excluding carboxylic acids is 1. The van der Waals surface area contributed by atoms with E-state index in [1.165, 1.54) is 6.92 Å². The van der Waals surface area contributed by atoms with E-state index in [0.717, 1.165) is 5.56 Å². The summed E-state index contributed by atoms with van der Waals surface area (Å²) in [5, 5.41) is 9.01. The molecule has 2 heteroatoms. The molecule has 1 N–H and O–H groups in total. The van der Waals surface area contributed by atoms with Gasteiger partial charge in [0.05, 0.1) is 0 Å². The lowest BCUT2D eigenvalue weighted by Gasteiger charge is -2.01. The summed E-state index contributed by atoms with van der Waals surface area (Å²) in [6.45, 7) is 5.16. The molecule has 1 rings (SSSR count). The smallest absolute Gasteiger partial charge is 0.155 e. The number of hydrogen-bond donors (Lipinski definition) is 1. The number of benzene rings is 1. The van der Waals surface area contributed by atoms with Gasteiger partial charge in [0.1, 0.15) is 5.75 Å². The largest absolute Gasteiger partial charge is 0.508 e. The van der Waals surface area contributed by atoms with Gasteiger partial charge in [-0.1, -0.05) is 18.7 Å². The fraction of sp³-hybridized carbons (Fsp3) is 0.182. The Morgan fingerprint density at radius 1 is 1.38 bits per heavy atom. The number of rotatable bonds is 3. The van der Waals surface area contributed by atoms with Gasteiger partial charge in [0.15, 0.2) is 5.78 Å². The van der Waals surface area contributed by atoms with Gasteiger partial charge in [-0.2, -0.15) is 0 Å². The Morgan fingerprint density at radius 3 is 2.38 bits per heavy atom. The Bertz CT molecular complexity index is 322. The Kier molecular flexibility index (Phi) is 2.85. The maximum Gasteiger partial charge on any atom is 0.155 e. The highest BCUT2D eigenvalue weighted by molar-refractivity contribution is 5.92. The quantitative estimate of drug-likeness (QED) is 0.716. The highest BCUT2D eigenvalue weighted by Crippen LogP contribution is 2.12. The first-order chi connectivity index (χ1) is 6.09. The van der Waals surface area contributed by atoms with Crippen LogP contribution in [0.3, 0.4) is 0 Å². The zero-order valence-electron chi connectivity index (χ0n) is 7.58. The van der Waals surface area contributed by atoms with E-state index in [1.807, 2.05) is 0 Å². The zero-order chi connectivity index (χ0) is 9.84. The monoisotopic (exact) mass is 176 g/mol. The predicted octanol–water partition coefficient (Wildman–Crippen LogP) is 2.08. The van der Waals surface area contributed by atoms with Gasteiger partial charge in [-0.3, -0.25) is 4.79 Å². The van der Waals surface area contributed by atoms with Crippen molar-refractivity contribution in [2.75, 3.05) is 0 Å². The summed E-state index contributed by atoms with van der Waals surface area (Å²) < 4.78 is 0. The number of phenolic OH excluding ortho intramolecular Hbond substituents is 1. The lowest BCUT2D eigenvalue weighted by Crippen LogP contribution is -1.98. The first kappa shape index (κ1) is 9.52. The molecule has 0 heterocycles. The molecule has 0 amide bonds. The van der Waals surface area contributed by atoms with Crippen molar-refractivity contribution >= 4 is 5.78 Å². The molecule has 0 aliphatic carbocycles. The van der Waals surface area contributed by atoms with Crippen molar-refractivity contribution in [3.05, 3.63) is 42.0 Å². The molecule has 0 atom stereocenters. The van der Waals surface area contributed by atoms with Gasteiger partial charge in [-0.05, 0) is 30.2 Å². The Hall–Kier alpha value is -1.57. The first-order valence-corrected chi connectivity index (χ1v) is 4.06. The highest BCUT2D eigenvalue weighted by Gasteiger charge is 2.01. The van der Waals surface area contributed by atoms with Crippen LogP contribution in [0, 0.1) is 0 Å². The van der Waals surface area contributed by atoms with Crippen molar-refractivity contribution in [1.29, 1.82) is 0 Å². The number of carbonyl (C=O) groups is 1. The first-order valence-electron chi connectivity index (χ1n) is 4.06. The molecule has 1 aromatic rings. The molecule has 0 saturated carbocycles. The van der Waals surface area contributed by atoms with Gasteiger partial charge in [-0.25, -0.2) is 0 Å². The number of ketones is 1. The second-order valence-electron chi connectivity index (χ2n) is 3.00. The van der Waals surface area contributed by atoms with E-state index < -0.39 is 0 Å². The average molecular weight is 176 g/mol. The van der Waals surface area contributed by atoms with Gasteiger partial charge >= 0.3 is 0 Å².